The Hall–Kier alpha value is 0. The maximum Gasteiger partial charge on any atom is -0.0323 e. The van der Waals surface area contributed by atoms with Gasteiger partial charge in [0.1, 0.15) is 0 Å². The molecule has 0 aromatic rings. The third-order valence-corrected chi connectivity index (χ3v) is 6.22. The van der Waals surface area contributed by atoms with Gasteiger partial charge < -0.3 is 0 Å². The summed E-state index contributed by atoms with van der Waals surface area (Å²) in [4.78, 5) is 0. The first kappa shape index (κ1) is 14.4. The number of rotatable bonds is 5. The van der Waals surface area contributed by atoms with Crippen molar-refractivity contribution >= 4 is 0 Å². The highest BCUT2D eigenvalue weighted by Gasteiger charge is 2.40. The Labute approximate surface area is 115 Å². The highest BCUT2D eigenvalue weighted by atomic mass is 14.5. The molecule has 0 heterocycles. The minimum absolute atomic E-state index is 0.713. The van der Waals surface area contributed by atoms with Crippen molar-refractivity contribution in [1.29, 1.82) is 0 Å². The molecule has 0 N–H and O–H groups in total. The van der Waals surface area contributed by atoms with Gasteiger partial charge in [-0.1, -0.05) is 47.5 Å². The summed E-state index contributed by atoms with van der Waals surface area (Å²) in [6.07, 6.45) is 10.5. The van der Waals surface area contributed by atoms with Gasteiger partial charge in [-0.25, -0.2) is 0 Å². The molecular formula is C18H34. The Bertz CT molecular complexity index is 261. The van der Waals surface area contributed by atoms with E-state index in [-0.39, 0.29) is 0 Å². The molecule has 4 atom stereocenters. The molecule has 4 unspecified atom stereocenters. The lowest BCUT2D eigenvalue weighted by molar-refractivity contribution is 0.0754. The first-order chi connectivity index (χ1) is 8.41. The van der Waals surface area contributed by atoms with Crippen LogP contribution in [0.4, 0.5) is 0 Å². The maximum atomic E-state index is 2.55. The maximum absolute atomic E-state index is 2.55. The molecule has 0 aliphatic heterocycles. The Morgan fingerprint density at radius 2 is 1.78 bits per heavy atom. The van der Waals surface area contributed by atoms with Crippen molar-refractivity contribution in [1.82, 2.24) is 0 Å². The van der Waals surface area contributed by atoms with E-state index in [0.29, 0.717) is 5.41 Å². The van der Waals surface area contributed by atoms with E-state index in [1.54, 1.807) is 0 Å². The van der Waals surface area contributed by atoms with Gasteiger partial charge in [0.2, 0.25) is 0 Å². The quantitative estimate of drug-likeness (QED) is 0.569. The number of hydrogen-bond acceptors (Lipinski definition) is 0. The summed E-state index contributed by atoms with van der Waals surface area (Å²) in [5, 5.41) is 0. The molecule has 2 rings (SSSR count). The molecule has 0 radical (unpaired) electrons. The average Bonchev–Trinajstić information content (AvgIpc) is 2.56. The van der Waals surface area contributed by atoms with Crippen LogP contribution >= 0.6 is 0 Å². The van der Waals surface area contributed by atoms with Crippen LogP contribution in [0.5, 0.6) is 0 Å². The highest BCUT2D eigenvalue weighted by Crippen LogP contribution is 2.51. The molecule has 0 saturated heterocycles. The predicted molar refractivity (Wildman–Crippen MR) is 80.6 cm³/mol. The van der Waals surface area contributed by atoms with E-state index in [4.69, 9.17) is 0 Å². The van der Waals surface area contributed by atoms with Crippen LogP contribution < -0.4 is 0 Å². The summed E-state index contributed by atoms with van der Waals surface area (Å²) in [7, 11) is 0. The molecule has 2 aliphatic carbocycles. The van der Waals surface area contributed by atoms with Crippen molar-refractivity contribution in [3.8, 4) is 0 Å². The van der Waals surface area contributed by atoms with E-state index < -0.39 is 0 Å². The van der Waals surface area contributed by atoms with Gasteiger partial charge in [-0.3, -0.25) is 0 Å². The number of hydrogen-bond donors (Lipinski definition) is 0. The molecule has 0 aromatic carbocycles. The van der Waals surface area contributed by atoms with E-state index in [0.717, 1.165) is 29.6 Å². The molecule has 0 spiro atoms. The molecular weight excluding hydrogens is 216 g/mol. The lowest BCUT2D eigenvalue weighted by atomic mass is 9.62. The first-order valence-corrected chi connectivity index (χ1v) is 8.41. The summed E-state index contributed by atoms with van der Waals surface area (Å²) in [5.74, 6) is 4.85. The molecule has 0 heteroatoms. The van der Waals surface area contributed by atoms with Crippen molar-refractivity contribution in [3.05, 3.63) is 0 Å². The molecule has 2 saturated carbocycles. The van der Waals surface area contributed by atoms with Crippen molar-refractivity contribution in [2.45, 2.75) is 79.6 Å². The van der Waals surface area contributed by atoms with E-state index in [9.17, 15) is 0 Å². The van der Waals surface area contributed by atoms with Crippen LogP contribution in [-0.2, 0) is 0 Å². The van der Waals surface area contributed by atoms with E-state index in [2.05, 4.69) is 34.6 Å². The van der Waals surface area contributed by atoms with Gasteiger partial charge in [0, 0.05) is 0 Å². The molecule has 106 valence electrons. The summed E-state index contributed by atoms with van der Waals surface area (Å²) in [6.45, 7) is 12.4. The Kier molecular flexibility index (Phi) is 4.44. The first-order valence-electron chi connectivity index (χ1n) is 8.41. The second-order valence-electron chi connectivity index (χ2n) is 8.34. The fraction of sp³-hybridized carbons (Fsp3) is 1.00. The molecule has 2 aliphatic rings. The summed E-state index contributed by atoms with van der Waals surface area (Å²) < 4.78 is 0. The van der Waals surface area contributed by atoms with Gasteiger partial charge in [0.15, 0.2) is 0 Å². The largest absolute Gasteiger partial charge is 0.0628 e. The Morgan fingerprint density at radius 1 is 1.11 bits per heavy atom. The topological polar surface area (TPSA) is 0 Å². The van der Waals surface area contributed by atoms with Gasteiger partial charge in [0.05, 0.1) is 0 Å². The van der Waals surface area contributed by atoms with Crippen molar-refractivity contribution in [2.24, 2.45) is 35.0 Å². The fourth-order valence-electron chi connectivity index (χ4n) is 4.70. The standard InChI is InChI=1S/C18H34/c1-13(2)11-16(12-18(5)9-6-10-18)17-8-7-14(3)15(17)4/h13-17H,6-12H2,1-5H3. The molecule has 0 bridgehead atoms. The lowest BCUT2D eigenvalue weighted by Crippen LogP contribution is -2.32. The minimum atomic E-state index is 0.713. The van der Waals surface area contributed by atoms with Gasteiger partial charge in [-0.05, 0) is 67.1 Å². The van der Waals surface area contributed by atoms with Crippen LogP contribution in [0.3, 0.4) is 0 Å². The van der Waals surface area contributed by atoms with Crippen LogP contribution in [0.25, 0.3) is 0 Å². The second kappa shape index (κ2) is 5.55. The van der Waals surface area contributed by atoms with Crippen molar-refractivity contribution < 1.29 is 0 Å². The zero-order valence-electron chi connectivity index (χ0n) is 13.3. The normalized spacial score (nSPS) is 36.7. The van der Waals surface area contributed by atoms with Crippen LogP contribution in [-0.4, -0.2) is 0 Å². The minimum Gasteiger partial charge on any atom is -0.0628 e. The zero-order chi connectivity index (χ0) is 13.3. The monoisotopic (exact) mass is 250 g/mol. The zero-order valence-corrected chi connectivity index (χ0v) is 13.3. The summed E-state index contributed by atoms with van der Waals surface area (Å²) >= 11 is 0. The smallest absolute Gasteiger partial charge is 0.0323 e. The van der Waals surface area contributed by atoms with Gasteiger partial charge in [-0.2, -0.15) is 0 Å². The van der Waals surface area contributed by atoms with E-state index >= 15 is 0 Å². The lowest BCUT2D eigenvalue weighted by Gasteiger charge is -2.43. The van der Waals surface area contributed by atoms with Crippen LogP contribution in [0.1, 0.15) is 79.6 Å². The third-order valence-electron chi connectivity index (χ3n) is 6.22. The molecule has 2 fully saturated rings. The molecule has 0 aromatic heterocycles. The summed E-state index contributed by atoms with van der Waals surface area (Å²) in [5.41, 5.74) is 0.713. The van der Waals surface area contributed by atoms with Crippen LogP contribution in [0, 0.1) is 35.0 Å². The van der Waals surface area contributed by atoms with Crippen LogP contribution in [0.2, 0.25) is 0 Å². The van der Waals surface area contributed by atoms with Gasteiger partial charge >= 0.3 is 0 Å². The van der Waals surface area contributed by atoms with Gasteiger partial charge in [-0.15, -0.1) is 0 Å². The predicted octanol–water partition coefficient (Wildman–Crippen LogP) is 5.91. The summed E-state index contributed by atoms with van der Waals surface area (Å²) in [6, 6.07) is 0. The molecule has 0 amide bonds. The molecule has 0 nitrogen and oxygen atoms in total. The van der Waals surface area contributed by atoms with E-state index in [1.165, 1.54) is 44.9 Å². The third kappa shape index (κ3) is 3.11. The average molecular weight is 250 g/mol. The van der Waals surface area contributed by atoms with Crippen molar-refractivity contribution in [2.75, 3.05) is 0 Å². The van der Waals surface area contributed by atoms with Gasteiger partial charge in [0.25, 0.3) is 0 Å². The fourth-order valence-corrected chi connectivity index (χ4v) is 4.70. The Morgan fingerprint density at radius 3 is 2.17 bits per heavy atom. The van der Waals surface area contributed by atoms with Crippen molar-refractivity contribution in [3.63, 3.8) is 0 Å². The second-order valence-corrected chi connectivity index (χ2v) is 8.34. The Balaban J connectivity index is 2.00. The highest BCUT2D eigenvalue weighted by molar-refractivity contribution is 4.91. The van der Waals surface area contributed by atoms with Crippen LogP contribution in [0.15, 0.2) is 0 Å². The molecule has 18 heavy (non-hydrogen) atoms. The van der Waals surface area contributed by atoms with E-state index in [1.807, 2.05) is 0 Å². The SMILES string of the molecule is CC(C)CC(CC1(C)CCC1)C1CCC(C)C1C.